The number of nitro groups is 1. The summed E-state index contributed by atoms with van der Waals surface area (Å²) in [6, 6.07) is 13.5. The minimum atomic E-state index is -0.898. The molecular weight excluding hydrogens is 466 g/mol. The lowest BCUT2D eigenvalue weighted by Crippen LogP contribution is -2.39. The zero-order chi connectivity index (χ0) is 25.1. The average molecular weight is 490 g/mol. The van der Waals surface area contributed by atoms with E-state index in [1.54, 1.807) is 45.1 Å². The van der Waals surface area contributed by atoms with Gasteiger partial charge in [-0.25, -0.2) is 9.79 Å². The van der Waals surface area contributed by atoms with Crippen molar-refractivity contribution in [2.75, 3.05) is 6.61 Å². The predicted octanol–water partition coefficient (Wildman–Crippen LogP) is 3.68. The van der Waals surface area contributed by atoms with Gasteiger partial charge >= 0.3 is 5.97 Å². The highest BCUT2D eigenvalue weighted by molar-refractivity contribution is 7.07. The maximum absolute atomic E-state index is 13.5. The van der Waals surface area contributed by atoms with E-state index in [9.17, 15) is 19.7 Å². The number of carbonyl (C=O) groups excluding carboxylic acids is 1. The van der Waals surface area contributed by atoms with Crippen molar-refractivity contribution in [2.24, 2.45) is 4.99 Å². The molecule has 1 aliphatic rings. The van der Waals surface area contributed by atoms with Crippen molar-refractivity contribution in [3.05, 3.63) is 112 Å². The van der Waals surface area contributed by atoms with Crippen LogP contribution in [-0.4, -0.2) is 22.1 Å². The second kappa shape index (κ2) is 10.0. The highest BCUT2D eigenvalue weighted by atomic mass is 32.1. The number of rotatable bonds is 6. The normalized spacial score (nSPS) is 15.7. The summed E-state index contributed by atoms with van der Waals surface area (Å²) >= 11 is 1.20. The van der Waals surface area contributed by atoms with Gasteiger partial charge in [0.1, 0.15) is 0 Å². The van der Waals surface area contributed by atoms with Gasteiger partial charge in [-0.3, -0.25) is 19.5 Å². The third kappa shape index (κ3) is 4.76. The highest BCUT2D eigenvalue weighted by Crippen LogP contribution is 2.33. The van der Waals surface area contributed by atoms with Crippen LogP contribution in [0.1, 0.15) is 36.6 Å². The Balaban J connectivity index is 1.91. The van der Waals surface area contributed by atoms with Gasteiger partial charge in [-0.05, 0) is 38.0 Å². The van der Waals surface area contributed by atoms with Crippen molar-refractivity contribution in [1.29, 1.82) is 0 Å². The Morgan fingerprint density at radius 1 is 1.23 bits per heavy atom. The lowest BCUT2D eigenvalue weighted by Gasteiger charge is -2.24. The Bertz CT molecular complexity index is 1550. The predicted molar refractivity (Wildman–Crippen MR) is 135 cm³/mol. The van der Waals surface area contributed by atoms with Crippen molar-refractivity contribution in [2.45, 2.75) is 26.8 Å². The second-order valence-corrected chi connectivity index (χ2v) is 8.91. The van der Waals surface area contributed by atoms with Gasteiger partial charge in [0, 0.05) is 11.6 Å². The van der Waals surface area contributed by atoms with Crippen LogP contribution >= 0.6 is 11.3 Å². The number of nitrogens with zero attached hydrogens (tertiary/aromatic N) is 3. The van der Waals surface area contributed by atoms with Crippen LogP contribution in [0.2, 0.25) is 0 Å². The Labute approximate surface area is 205 Å². The molecule has 3 aromatic rings. The third-order valence-corrected chi connectivity index (χ3v) is 6.60. The Morgan fingerprint density at radius 3 is 2.66 bits per heavy atom. The number of aromatic nitrogens is 1. The van der Waals surface area contributed by atoms with Gasteiger partial charge in [0.2, 0.25) is 0 Å². The lowest BCUT2D eigenvalue weighted by molar-refractivity contribution is -0.385. The molecule has 1 atom stereocenters. The lowest BCUT2D eigenvalue weighted by atomic mass is 9.94. The van der Waals surface area contributed by atoms with Crippen molar-refractivity contribution in [3.63, 3.8) is 0 Å². The number of carbonyl (C=O) groups is 1. The van der Waals surface area contributed by atoms with E-state index >= 15 is 0 Å². The van der Waals surface area contributed by atoms with Gasteiger partial charge in [-0.2, -0.15) is 0 Å². The molecule has 0 unspecified atom stereocenters. The quantitative estimate of drug-likeness (QED) is 0.299. The maximum atomic E-state index is 13.5. The SMILES string of the molecule is CCOC(=O)C1=C(C)N=c2s/c(=C/C=C/c3ccccc3)c(=O)n2[C@H]1c1ccc(C)c([N+](=O)[O-])c1. The average Bonchev–Trinajstić information content (AvgIpc) is 3.14. The Hall–Kier alpha value is -4.11. The van der Waals surface area contributed by atoms with Crippen LogP contribution in [0.15, 0.2) is 75.7 Å². The molecule has 0 aliphatic carbocycles. The number of nitro benzene ring substituents is 1. The largest absolute Gasteiger partial charge is 0.463 e. The van der Waals surface area contributed by atoms with Crippen LogP contribution in [0, 0.1) is 17.0 Å². The molecule has 0 saturated heterocycles. The number of esters is 1. The molecule has 2 aromatic carbocycles. The van der Waals surface area contributed by atoms with Crippen LogP contribution < -0.4 is 14.9 Å². The number of aryl methyl sites for hydroxylation is 1. The molecule has 178 valence electrons. The Kier molecular flexibility index (Phi) is 6.88. The van der Waals surface area contributed by atoms with Crippen LogP contribution in [0.5, 0.6) is 0 Å². The fraction of sp³-hybridized carbons (Fsp3) is 0.192. The molecule has 0 N–H and O–H groups in total. The number of thiazole rings is 1. The van der Waals surface area contributed by atoms with Crippen LogP contribution in [0.4, 0.5) is 5.69 Å². The zero-order valence-corrected chi connectivity index (χ0v) is 20.2. The molecular formula is C26H23N3O5S. The van der Waals surface area contributed by atoms with E-state index in [0.29, 0.717) is 26.2 Å². The first kappa shape index (κ1) is 24.0. The van der Waals surface area contributed by atoms with Gasteiger partial charge < -0.3 is 4.74 Å². The van der Waals surface area contributed by atoms with Gasteiger partial charge in [0.25, 0.3) is 11.2 Å². The topological polar surface area (TPSA) is 104 Å². The molecule has 2 heterocycles. The molecule has 0 bridgehead atoms. The van der Waals surface area contributed by atoms with Crippen LogP contribution in [0.3, 0.4) is 0 Å². The Morgan fingerprint density at radius 2 is 1.97 bits per heavy atom. The smallest absolute Gasteiger partial charge is 0.338 e. The van der Waals surface area contributed by atoms with Gasteiger partial charge in [-0.1, -0.05) is 66.0 Å². The van der Waals surface area contributed by atoms with E-state index in [1.165, 1.54) is 22.0 Å². The fourth-order valence-corrected chi connectivity index (χ4v) is 4.92. The highest BCUT2D eigenvalue weighted by Gasteiger charge is 2.34. The van der Waals surface area contributed by atoms with Crippen molar-refractivity contribution >= 4 is 35.1 Å². The number of fused-ring (bicyclic) bond motifs is 1. The molecule has 0 radical (unpaired) electrons. The maximum Gasteiger partial charge on any atom is 0.338 e. The van der Waals surface area contributed by atoms with Crippen LogP contribution in [-0.2, 0) is 9.53 Å². The van der Waals surface area contributed by atoms with Gasteiger partial charge in [-0.15, -0.1) is 0 Å². The van der Waals surface area contributed by atoms with E-state index in [-0.39, 0.29) is 23.4 Å². The number of benzene rings is 2. The number of hydrogen-bond donors (Lipinski definition) is 0. The van der Waals surface area contributed by atoms with Crippen molar-refractivity contribution < 1.29 is 14.5 Å². The van der Waals surface area contributed by atoms with E-state index in [1.807, 2.05) is 36.4 Å². The second-order valence-electron chi connectivity index (χ2n) is 7.90. The molecule has 0 spiro atoms. The summed E-state index contributed by atoms with van der Waals surface area (Å²) in [6.45, 7) is 5.15. The molecule has 0 amide bonds. The van der Waals surface area contributed by atoms with Crippen LogP contribution in [0.25, 0.3) is 12.2 Å². The van der Waals surface area contributed by atoms with Gasteiger partial charge in [0.15, 0.2) is 4.80 Å². The standard InChI is InChI=1S/C26H23N3O5S/c1-4-34-25(31)22-17(3)27-26-28(23(22)19-14-13-16(2)20(15-19)29(32)33)24(30)21(35-26)12-8-11-18-9-6-5-7-10-18/h5-15,23H,4H2,1-3H3/b11-8+,21-12+/t23-/m0/s1. The minimum absolute atomic E-state index is 0.0896. The molecule has 9 heteroatoms. The zero-order valence-electron chi connectivity index (χ0n) is 19.4. The summed E-state index contributed by atoms with van der Waals surface area (Å²) < 4.78 is 7.11. The van der Waals surface area contributed by atoms with Gasteiger partial charge in [0.05, 0.1) is 33.4 Å². The summed E-state index contributed by atoms with van der Waals surface area (Å²) in [4.78, 5) is 42.5. The first-order valence-corrected chi connectivity index (χ1v) is 11.8. The number of allylic oxidation sites excluding steroid dienone is 2. The molecule has 0 fully saturated rings. The van der Waals surface area contributed by atoms with E-state index < -0.39 is 16.9 Å². The number of ether oxygens (including phenoxy) is 1. The van der Waals surface area contributed by atoms with E-state index in [2.05, 4.69) is 4.99 Å². The summed E-state index contributed by atoms with van der Waals surface area (Å²) in [5, 5.41) is 11.6. The third-order valence-electron chi connectivity index (χ3n) is 5.60. The summed E-state index contributed by atoms with van der Waals surface area (Å²) in [6.07, 6.45) is 5.37. The molecule has 35 heavy (non-hydrogen) atoms. The molecule has 0 saturated carbocycles. The van der Waals surface area contributed by atoms with Crippen molar-refractivity contribution in [1.82, 2.24) is 4.57 Å². The minimum Gasteiger partial charge on any atom is -0.463 e. The summed E-state index contributed by atoms with van der Waals surface area (Å²) in [7, 11) is 0. The number of hydrogen-bond acceptors (Lipinski definition) is 7. The van der Waals surface area contributed by atoms with E-state index in [0.717, 1.165) is 5.56 Å². The first-order chi connectivity index (χ1) is 16.8. The monoisotopic (exact) mass is 489 g/mol. The molecule has 8 nitrogen and oxygen atoms in total. The molecule has 1 aliphatic heterocycles. The summed E-state index contributed by atoms with van der Waals surface area (Å²) in [5.41, 5.74) is 2.07. The first-order valence-electron chi connectivity index (χ1n) is 11.0. The van der Waals surface area contributed by atoms with Crippen molar-refractivity contribution in [3.8, 4) is 0 Å². The molecule has 1 aromatic heterocycles. The summed E-state index contributed by atoms with van der Waals surface area (Å²) in [5.74, 6) is -0.611. The fourth-order valence-electron chi connectivity index (χ4n) is 3.92. The molecule has 4 rings (SSSR count). The van der Waals surface area contributed by atoms with E-state index in [4.69, 9.17) is 4.74 Å².